The van der Waals surface area contributed by atoms with Gasteiger partial charge >= 0.3 is 0 Å². The molecule has 1 aliphatic heterocycles. The summed E-state index contributed by atoms with van der Waals surface area (Å²) in [6.07, 6.45) is 20.3. The SMILES string of the molecule is C1CCCC[C+](N2CCCCCCCC2)CCC1.I.[I-]. The smallest absolute Gasteiger partial charge is 0.172 e. The summed E-state index contributed by atoms with van der Waals surface area (Å²) in [5, 5.41) is 0. The van der Waals surface area contributed by atoms with E-state index in [9.17, 15) is 0 Å². The highest BCUT2D eigenvalue weighted by Gasteiger charge is 2.29. The first kappa shape index (κ1) is 21.3. The zero-order chi connectivity index (χ0) is 12.5. The van der Waals surface area contributed by atoms with Crippen LogP contribution in [0.2, 0.25) is 0 Å². The molecule has 0 aromatic heterocycles. The topological polar surface area (TPSA) is 3.24 Å². The Balaban J connectivity index is 0.00000180. The monoisotopic (exact) mass is 505 g/mol. The van der Waals surface area contributed by atoms with Crippen LogP contribution < -0.4 is 24.0 Å². The molecule has 3 heteroatoms. The van der Waals surface area contributed by atoms with Crippen LogP contribution in [0.25, 0.3) is 0 Å². The number of hydrogen-bond donors (Lipinski definition) is 0. The maximum atomic E-state index is 2.79. The Kier molecular flexibility index (Phi) is 14.8. The molecule has 0 amide bonds. The molecular weight excluding hydrogens is 472 g/mol. The van der Waals surface area contributed by atoms with Gasteiger partial charge in [-0.05, 0) is 38.5 Å². The van der Waals surface area contributed by atoms with Gasteiger partial charge in [-0.3, -0.25) is 0 Å². The predicted octanol–water partition coefficient (Wildman–Crippen LogP) is 2.93. The Morgan fingerprint density at radius 1 is 0.500 bits per heavy atom. The van der Waals surface area contributed by atoms with Crippen LogP contribution in [-0.4, -0.2) is 18.0 Å². The first-order chi connectivity index (χ1) is 8.97. The molecule has 120 valence electrons. The van der Waals surface area contributed by atoms with Gasteiger partial charge < -0.3 is 24.0 Å². The van der Waals surface area contributed by atoms with E-state index in [2.05, 4.69) is 4.90 Å². The van der Waals surface area contributed by atoms with Gasteiger partial charge in [0.05, 0.1) is 0 Å². The highest BCUT2D eigenvalue weighted by molar-refractivity contribution is 14.0. The van der Waals surface area contributed by atoms with Crippen molar-refractivity contribution in [2.75, 3.05) is 13.1 Å². The molecule has 2 fully saturated rings. The van der Waals surface area contributed by atoms with Crippen molar-refractivity contribution in [2.45, 2.75) is 89.9 Å². The number of nitrogens with zero attached hydrogens (tertiary/aromatic N) is 1. The van der Waals surface area contributed by atoms with E-state index in [1.807, 2.05) is 6.04 Å². The minimum atomic E-state index is 0. The standard InChI is InChI=1S/C17H32N.2HI/c1-2-6-10-14-17(13-9-5-1)18-15-11-7-3-4-8-12-16-18;;/h1-16H2;2*1H/q+1;;/p-1. The van der Waals surface area contributed by atoms with Crippen LogP contribution in [0.15, 0.2) is 0 Å². The maximum absolute atomic E-state index is 2.79. The van der Waals surface area contributed by atoms with Gasteiger partial charge in [0.25, 0.3) is 0 Å². The number of hydrogen-bond acceptors (Lipinski definition) is 1. The zero-order valence-electron chi connectivity index (χ0n) is 13.0. The summed E-state index contributed by atoms with van der Waals surface area (Å²) in [6, 6.07) is 1.82. The fraction of sp³-hybridized carbons (Fsp3) is 0.941. The Labute approximate surface area is 161 Å². The minimum Gasteiger partial charge on any atom is -1.00 e. The summed E-state index contributed by atoms with van der Waals surface area (Å²) in [5.74, 6) is 0. The lowest BCUT2D eigenvalue weighted by atomic mass is 10.0. The first-order valence-electron chi connectivity index (χ1n) is 8.56. The van der Waals surface area contributed by atoms with Gasteiger partial charge in [-0.15, -0.1) is 28.9 Å². The van der Waals surface area contributed by atoms with E-state index in [1.54, 1.807) is 0 Å². The van der Waals surface area contributed by atoms with Crippen LogP contribution in [0.1, 0.15) is 89.9 Å². The van der Waals surface area contributed by atoms with Gasteiger partial charge in [-0.2, -0.15) is 0 Å². The Bertz CT molecular complexity index is 169. The quantitative estimate of drug-likeness (QED) is 0.392. The van der Waals surface area contributed by atoms with Crippen molar-refractivity contribution >= 4 is 24.0 Å². The lowest BCUT2D eigenvalue weighted by Crippen LogP contribution is -3.00. The molecule has 1 nitrogen and oxygen atoms in total. The van der Waals surface area contributed by atoms with Gasteiger partial charge in [0.1, 0.15) is 12.8 Å². The largest absolute Gasteiger partial charge is 1.00 e. The normalized spacial score (nSPS) is 23.7. The average molecular weight is 505 g/mol. The minimum absolute atomic E-state index is 0. The van der Waals surface area contributed by atoms with Gasteiger partial charge in [0, 0.05) is 13.1 Å². The van der Waals surface area contributed by atoms with Crippen molar-refractivity contribution in [3.05, 3.63) is 6.04 Å². The molecule has 1 saturated heterocycles. The van der Waals surface area contributed by atoms with Crippen molar-refractivity contribution in [2.24, 2.45) is 0 Å². The molecule has 0 atom stereocenters. The van der Waals surface area contributed by atoms with Crippen molar-refractivity contribution in [3.63, 3.8) is 0 Å². The fourth-order valence-electron chi connectivity index (χ4n) is 3.55. The third-order valence-corrected chi connectivity index (χ3v) is 4.73. The van der Waals surface area contributed by atoms with E-state index < -0.39 is 0 Å². The lowest BCUT2D eigenvalue weighted by molar-refractivity contribution is -0.00000404. The van der Waals surface area contributed by atoms with Crippen LogP contribution in [0.3, 0.4) is 0 Å². The van der Waals surface area contributed by atoms with E-state index in [0.717, 1.165) is 0 Å². The van der Waals surface area contributed by atoms with E-state index in [0.29, 0.717) is 0 Å². The lowest BCUT2D eigenvalue weighted by Gasteiger charge is -2.20. The van der Waals surface area contributed by atoms with Crippen LogP contribution in [0, 0.1) is 6.04 Å². The molecule has 0 bridgehead atoms. The summed E-state index contributed by atoms with van der Waals surface area (Å²) in [4.78, 5) is 2.79. The average Bonchev–Trinajstić information content (AvgIpc) is 2.61. The maximum Gasteiger partial charge on any atom is 0.172 e. The molecule has 0 radical (unpaired) electrons. The molecule has 2 rings (SSSR count). The molecule has 1 heterocycles. The molecule has 20 heavy (non-hydrogen) atoms. The number of rotatable bonds is 1. The molecule has 0 aromatic carbocycles. The second-order valence-electron chi connectivity index (χ2n) is 6.30. The van der Waals surface area contributed by atoms with E-state index in [1.165, 1.54) is 103 Å². The Morgan fingerprint density at radius 3 is 1.30 bits per heavy atom. The predicted molar refractivity (Wildman–Crippen MR) is 94.9 cm³/mol. The third kappa shape index (κ3) is 8.66. The van der Waals surface area contributed by atoms with Crippen LogP contribution in [0.4, 0.5) is 0 Å². The molecule has 0 N–H and O–H groups in total. The van der Waals surface area contributed by atoms with Crippen molar-refractivity contribution in [1.29, 1.82) is 0 Å². The second-order valence-corrected chi connectivity index (χ2v) is 6.30. The van der Waals surface area contributed by atoms with Gasteiger partial charge in [-0.1, -0.05) is 38.5 Å². The molecule has 0 unspecified atom stereocenters. The van der Waals surface area contributed by atoms with Crippen LogP contribution >= 0.6 is 24.0 Å². The Hall–Kier alpha value is 1.29. The van der Waals surface area contributed by atoms with Crippen LogP contribution in [0.5, 0.6) is 0 Å². The molecule has 1 aliphatic carbocycles. The second kappa shape index (κ2) is 13.9. The van der Waals surface area contributed by atoms with Crippen LogP contribution in [-0.2, 0) is 0 Å². The van der Waals surface area contributed by atoms with Crippen molar-refractivity contribution in [3.8, 4) is 0 Å². The molecule has 0 spiro atoms. The number of halogens is 2. The van der Waals surface area contributed by atoms with Crippen molar-refractivity contribution < 1.29 is 24.0 Å². The summed E-state index contributed by atoms with van der Waals surface area (Å²) < 4.78 is 0. The van der Waals surface area contributed by atoms with Gasteiger partial charge in [0.15, 0.2) is 6.04 Å². The Morgan fingerprint density at radius 2 is 0.850 bits per heavy atom. The highest BCUT2D eigenvalue weighted by atomic mass is 127. The molecule has 2 aliphatic rings. The van der Waals surface area contributed by atoms with Gasteiger partial charge in [-0.25, -0.2) is 0 Å². The molecule has 1 saturated carbocycles. The third-order valence-electron chi connectivity index (χ3n) is 4.73. The zero-order valence-corrected chi connectivity index (χ0v) is 17.5. The van der Waals surface area contributed by atoms with E-state index in [-0.39, 0.29) is 48.0 Å². The summed E-state index contributed by atoms with van der Waals surface area (Å²) in [7, 11) is 0. The van der Waals surface area contributed by atoms with E-state index in [4.69, 9.17) is 0 Å². The summed E-state index contributed by atoms with van der Waals surface area (Å²) in [5.41, 5.74) is 0. The summed E-state index contributed by atoms with van der Waals surface area (Å²) in [6.45, 7) is 2.71. The first-order valence-corrected chi connectivity index (χ1v) is 8.56. The molecular formula is C17H33I2N. The molecule has 0 aromatic rings. The van der Waals surface area contributed by atoms with E-state index >= 15 is 0 Å². The fourth-order valence-corrected chi connectivity index (χ4v) is 3.55. The van der Waals surface area contributed by atoms with Gasteiger partial charge in [0.2, 0.25) is 0 Å². The summed E-state index contributed by atoms with van der Waals surface area (Å²) >= 11 is 0. The highest BCUT2D eigenvalue weighted by Crippen LogP contribution is 2.28. The van der Waals surface area contributed by atoms with Crippen molar-refractivity contribution in [1.82, 2.24) is 4.90 Å².